The molecule has 2 unspecified atom stereocenters. The summed E-state index contributed by atoms with van der Waals surface area (Å²) in [7, 11) is 2.24. The Labute approximate surface area is 113 Å². The minimum Gasteiger partial charge on any atom is -0.394 e. The summed E-state index contributed by atoms with van der Waals surface area (Å²) < 4.78 is 0. The number of hydrogen-bond donors (Lipinski definition) is 2. The average Bonchev–Trinajstić information content (AvgIpc) is 2.78. The van der Waals surface area contributed by atoms with E-state index in [4.69, 9.17) is 0 Å². The first-order valence-corrected chi connectivity index (χ1v) is 7.59. The van der Waals surface area contributed by atoms with Crippen molar-refractivity contribution in [2.75, 3.05) is 26.7 Å². The number of hydrogen-bond acceptors (Lipinski definition) is 3. The van der Waals surface area contributed by atoms with Gasteiger partial charge in [-0.2, -0.15) is 0 Å². The Morgan fingerprint density at radius 1 is 1.44 bits per heavy atom. The van der Waals surface area contributed by atoms with E-state index in [9.17, 15) is 5.11 Å². The molecule has 0 aliphatic heterocycles. The van der Waals surface area contributed by atoms with Crippen LogP contribution in [0, 0.1) is 5.92 Å². The minimum atomic E-state index is -0.00718. The molecule has 0 aromatic carbocycles. The van der Waals surface area contributed by atoms with Gasteiger partial charge in [0.1, 0.15) is 0 Å². The molecule has 1 aliphatic carbocycles. The van der Waals surface area contributed by atoms with E-state index in [0.29, 0.717) is 6.04 Å². The van der Waals surface area contributed by atoms with Crippen LogP contribution in [-0.2, 0) is 0 Å². The molecule has 0 amide bonds. The molecule has 2 N–H and O–H groups in total. The van der Waals surface area contributed by atoms with Gasteiger partial charge in [-0.1, -0.05) is 20.8 Å². The third kappa shape index (κ3) is 4.52. The van der Waals surface area contributed by atoms with Crippen molar-refractivity contribution >= 4 is 0 Å². The molecular formula is C15H32N2O. The Morgan fingerprint density at radius 2 is 2.17 bits per heavy atom. The van der Waals surface area contributed by atoms with Crippen LogP contribution in [-0.4, -0.2) is 48.3 Å². The lowest BCUT2D eigenvalue weighted by Crippen LogP contribution is -2.48. The molecule has 0 bridgehead atoms. The van der Waals surface area contributed by atoms with Gasteiger partial charge in [-0.05, 0) is 58.2 Å². The van der Waals surface area contributed by atoms with Crippen molar-refractivity contribution in [2.24, 2.45) is 5.92 Å². The van der Waals surface area contributed by atoms with Crippen molar-refractivity contribution < 1.29 is 5.11 Å². The van der Waals surface area contributed by atoms with Crippen molar-refractivity contribution in [2.45, 2.75) is 64.5 Å². The fourth-order valence-corrected chi connectivity index (χ4v) is 2.87. The van der Waals surface area contributed by atoms with E-state index in [2.05, 4.69) is 38.0 Å². The van der Waals surface area contributed by atoms with Gasteiger partial charge in [-0.25, -0.2) is 0 Å². The van der Waals surface area contributed by atoms with Crippen LogP contribution in [0.3, 0.4) is 0 Å². The van der Waals surface area contributed by atoms with Gasteiger partial charge in [-0.3, -0.25) is 0 Å². The highest BCUT2D eigenvalue weighted by molar-refractivity contribution is 4.98. The Morgan fingerprint density at radius 3 is 2.72 bits per heavy atom. The van der Waals surface area contributed by atoms with E-state index in [-0.39, 0.29) is 12.1 Å². The largest absolute Gasteiger partial charge is 0.394 e. The van der Waals surface area contributed by atoms with Crippen LogP contribution in [0.1, 0.15) is 52.9 Å². The second-order valence-corrected chi connectivity index (χ2v) is 6.42. The standard InChI is InChI=1S/C15H32N2O/c1-5-9-16-15(12-18)8-6-14(11-15)17(4)10-7-13(2)3/h13-14,16,18H,5-12H2,1-4H3. The van der Waals surface area contributed by atoms with Crippen molar-refractivity contribution in [1.29, 1.82) is 0 Å². The fourth-order valence-electron chi connectivity index (χ4n) is 2.87. The lowest BCUT2D eigenvalue weighted by Gasteiger charge is -2.31. The molecule has 1 aliphatic rings. The van der Waals surface area contributed by atoms with Crippen LogP contribution in [0.5, 0.6) is 0 Å². The van der Waals surface area contributed by atoms with Crippen LogP contribution in [0.15, 0.2) is 0 Å². The minimum absolute atomic E-state index is 0.00718. The van der Waals surface area contributed by atoms with Crippen molar-refractivity contribution in [3.05, 3.63) is 0 Å². The smallest absolute Gasteiger partial charge is 0.0613 e. The van der Waals surface area contributed by atoms with Crippen molar-refractivity contribution in [3.63, 3.8) is 0 Å². The Kier molecular flexibility index (Phi) is 6.61. The van der Waals surface area contributed by atoms with E-state index in [1.165, 1.54) is 19.4 Å². The maximum absolute atomic E-state index is 9.68. The third-order valence-corrected chi connectivity index (χ3v) is 4.32. The summed E-state index contributed by atoms with van der Waals surface area (Å²) in [5, 5.41) is 13.2. The van der Waals surface area contributed by atoms with Gasteiger partial charge in [0.25, 0.3) is 0 Å². The first kappa shape index (κ1) is 15.9. The van der Waals surface area contributed by atoms with Crippen LogP contribution >= 0.6 is 0 Å². The first-order valence-electron chi connectivity index (χ1n) is 7.59. The molecule has 108 valence electrons. The Balaban J connectivity index is 2.42. The zero-order chi connectivity index (χ0) is 13.6. The maximum Gasteiger partial charge on any atom is 0.0613 e. The summed E-state index contributed by atoms with van der Waals surface area (Å²) in [4.78, 5) is 2.49. The van der Waals surface area contributed by atoms with Crippen LogP contribution in [0.2, 0.25) is 0 Å². The zero-order valence-corrected chi connectivity index (χ0v) is 12.7. The molecule has 3 nitrogen and oxygen atoms in total. The topological polar surface area (TPSA) is 35.5 Å². The summed E-state index contributed by atoms with van der Waals surface area (Å²) in [6, 6.07) is 0.639. The van der Waals surface area contributed by atoms with Gasteiger partial charge >= 0.3 is 0 Å². The SMILES string of the molecule is CCCNC1(CO)CCC(N(C)CCC(C)C)C1. The van der Waals surface area contributed by atoms with Crippen molar-refractivity contribution in [3.8, 4) is 0 Å². The predicted octanol–water partition coefficient (Wildman–Crippen LogP) is 2.25. The lowest BCUT2D eigenvalue weighted by atomic mass is 9.98. The van der Waals surface area contributed by atoms with E-state index >= 15 is 0 Å². The Hall–Kier alpha value is -0.120. The number of nitrogens with one attached hydrogen (secondary N) is 1. The number of rotatable bonds is 8. The molecule has 18 heavy (non-hydrogen) atoms. The van der Waals surface area contributed by atoms with Gasteiger partial charge in [0, 0.05) is 11.6 Å². The predicted molar refractivity (Wildman–Crippen MR) is 77.8 cm³/mol. The molecule has 1 rings (SSSR count). The molecule has 0 radical (unpaired) electrons. The number of aliphatic hydroxyl groups is 1. The molecule has 1 saturated carbocycles. The fraction of sp³-hybridized carbons (Fsp3) is 1.00. The second-order valence-electron chi connectivity index (χ2n) is 6.42. The average molecular weight is 256 g/mol. The molecule has 0 aromatic rings. The normalized spacial score (nSPS) is 28.5. The monoisotopic (exact) mass is 256 g/mol. The molecule has 0 spiro atoms. The van der Waals surface area contributed by atoms with Gasteiger partial charge in [0.15, 0.2) is 0 Å². The quantitative estimate of drug-likeness (QED) is 0.699. The third-order valence-electron chi connectivity index (χ3n) is 4.32. The summed E-state index contributed by atoms with van der Waals surface area (Å²) in [5.74, 6) is 0.773. The molecule has 2 atom stereocenters. The highest BCUT2D eigenvalue weighted by Crippen LogP contribution is 2.32. The van der Waals surface area contributed by atoms with Gasteiger partial charge in [0.2, 0.25) is 0 Å². The molecule has 0 saturated heterocycles. The Bertz CT molecular complexity index is 233. The van der Waals surface area contributed by atoms with Gasteiger partial charge in [-0.15, -0.1) is 0 Å². The van der Waals surface area contributed by atoms with Gasteiger partial charge in [0.05, 0.1) is 6.61 Å². The van der Waals surface area contributed by atoms with E-state index in [0.717, 1.165) is 31.7 Å². The molecular weight excluding hydrogens is 224 g/mol. The van der Waals surface area contributed by atoms with E-state index < -0.39 is 0 Å². The van der Waals surface area contributed by atoms with E-state index in [1.54, 1.807) is 0 Å². The molecule has 3 heteroatoms. The van der Waals surface area contributed by atoms with Crippen LogP contribution < -0.4 is 5.32 Å². The molecule has 1 fully saturated rings. The van der Waals surface area contributed by atoms with Gasteiger partial charge < -0.3 is 15.3 Å². The van der Waals surface area contributed by atoms with Crippen molar-refractivity contribution in [1.82, 2.24) is 10.2 Å². The summed E-state index contributed by atoms with van der Waals surface area (Å²) in [6.45, 7) is 9.22. The molecule has 0 heterocycles. The summed E-state index contributed by atoms with van der Waals surface area (Å²) in [6.07, 6.45) is 5.82. The van der Waals surface area contributed by atoms with E-state index in [1.807, 2.05) is 0 Å². The van der Waals surface area contributed by atoms with Crippen LogP contribution in [0.25, 0.3) is 0 Å². The lowest BCUT2D eigenvalue weighted by molar-refractivity contribution is 0.149. The highest BCUT2D eigenvalue weighted by Gasteiger charge is 2.39. The summed E-state index contributed by atoms with van der Waals surface area (Å²) >= 11 is 0. The maximum atomic E-state index is 9.68. The second kappa shape index (κ2) is 7.46. The highest BCUT2D eigenvalue weighted by atomic mass is 16.3. The summed E-state index contributed by atoms with van der Waals surface area (Å²) in [5.41, 5.74) is -0.00718. The number of nitrogens with zero attached hydrogens (tertiary/aromatic N) is 1. The van der Waals surface area contributed by atoms with Crippen LogP contribution in [0.4, 0.5) is 0 Å². The number of aliphatic hydroxyl groups excluding tert-OH is 1. The zero-order valence-electron chi connectivity index (χ0n) is 12.7. The molecule has 0 aromatic heterocycles. The first-order chi connectivity index (χ1) is 8.53.